The highest BCUT2D eigenvalue weighted by Crippen LogP contribution is 2.08. The molecule has 1 heterocycles. The number of aryl methyl sites for hydroxylation is 1. The van der Waals surface area contributed by atoms with Crippen LogP contribution >= 0.6 is 0 Å². The van der Waals surface area contributed by atoms with E-state index in [1.807, 2.05) is 0 Å². The summed E-state index contributed by atoms with van der Waals surface area (Å²) in [5.41, 5.74) is -1.61. The van der Waals surface area contributed by atoms with Gasteiger partial charge in [0.1, 0.15) is 12.4 Å². The average Bonchev–Trinajstić information content (AvgIpc) is 2.66. The van der Waals surface area contributed by atoms with Gasteiger partial charge >= 0.3 is 17.1 Å². The quantitative estimate of drug-likeness (QED) is 0.659. The summed E-state index contributed by atoms with van der Waals surface area (Å²) >= 11 is 0. The molecule has 0 radical (unpaired) electrons. The van der Waals surface area contributed by atoms with Gasteiger partial charge in [0, 0.05) is 6.54 Å². The molecule has 0 spiro atoms. The standard InChI is InChI=1S/C19H21FN4O4/c1-4-8-22-17(26)23(9-5-2)19(28)24(18(22)27)12-16(25)21-11-14-7-6-13(3)15(20)10-14/h4-7,10H,1-2,8-9,11-12H2,3H3,(H,21,25). The van der Waals surface area contributed by atoms with Gasteiger partial charge in [-0.2, -0.15) is 0 Å². The summed E-state index contributed by atoms with van der Waals surface area (Å²) in [6.45, 7) is 7.80. The Morgan fingerprint density at radius 2 is 1.57 bits per heavy atom. The highest BCUT2D eigenvalue weighted by Gasteiger charge is 2.16. The van der Waals surface area contributed by atoms with Crippen molar-refractivity contribution in [1.29, 1.82) is 0 Å². The predicted octanol–water partition coefficient (Wildman–Crippen LogP) is 0.308. The number of aromatic nitrogens is 3. The van der Waals surface area contributed by atoms with Gasteiger partial charge in [-0.25, -0.2) is 32.5 Å². The first-order valence-corrected chi connectivity index (χ1v) is 8.48. The highest BCUT2D eigenvalue weighted by atomic mass is 19.1. The van der Waals surface area contributed by atoms with Crippen molar-refractivity contribution in [2.45, 2.75) is 33.1 Å². The lowest BCUT2D eigenvalue weighted by atomic mass is 10.1. The summed E-state index contributed by atoms with van der Waals surface area (Å²) in [7, 11) is 0. The van der Waals surface area contributed by atoms with Crippen LogP contribution in [0.1, 0.15) is 11.1 Å². The number of halogens is 1. The van der Waals surface area contributed by atoms with Gasteiger partial charge in [-0.1, -0.05) is 24.3 Å². The number of hydrogen-bond acceptors (Lipinski definition) is 4. The second-order valence-electron chi connectivity index (χ2n) is 6.09. The Morgan fingerprint density at radius 1 is 1.04 bits per heavy atom. The minimum absolute atomic E-state index is 0.0257. The largest absolute Gasteiger partial charge is 0.350 e. The lowest BCUT2D eigenvalue weighted by Gasteiger charge is -2.12. The topological polar surface area (TPSA) is 95.1 Å². The zero-order valence-corrected chi connectivity index (χ0v) is 15.5. The minimum atomic E-state index is -0.910. The Balaban J connectivity index is 2.29. The molecule has 0 bridgehead atoms. The molecule has 0 fully saturated rings. The molecule has 1 aromatic carbocycles. The van der Waals surface area contributed by atoms with Crippen LogP contribution in [0.5, 0.6) is 0 Å². The van der Waals surface area contributed by atoms with Crippen LogP contribution < -0.4 is 22.4 Å². The molecule has 0 aliphatic carbocycles. The molecule has 0 unspecified atom stereocenters. The molecule has 0 aliphatic rings. The number of allylic oxidation sites excluding steroid dienone is 2. The first-order valence-electron chi connectivity index (χ1n) is 8.48. The number of carbonyl (C=O) groups is 1. The molecule has 1 aromatic heterocycles. The van der Waals surface area contributed by atoms with Crippen molar-refractivity contribution in [2.24, 2.45) is 0 Å². The van der Waals surface area contributed by atoms with Gasteiger partial charge in [0.2, 0.25) is 5.91 Å². The fourth-order valence-electron chi connectivity index (χ4n) is 2.53. The third-order valence-corrected chi connectivity index (χ3v) is 4.04. The molecular formula is C19H21FN4O4. The molecule has 9 heteroatoms. The maximum Gasteiger partial charge on any atom is 0.337 e. The number of amides is 1. The summed E-state index contributed by atoms with van der Waals surface area (Å²) in [5, 5.41) is 2.52. The van der Waals surface area contributed by atoms with Crippen molar-refractivity contribution in [3.63, 3.8) is 0 Å². The summed E-state index contributed by atoms with van der Waals surface area (Å²) in [5.74, 6) is -1.03. The van der Waals surface area contributed by atoms with Crippen molar-refractivity contribution in [2.75, 3.05) is 0 Å². The molecule has 8 nitrogen and oxygen atoms in total. The number of nitrogens with zero attached hydrogens (tertiary/aromatic N) is 3. The summed E-state index contributed by atoms with van der Waals surface area (Å²) in [6.07, 6.45) is 2.67. The fraction of sp³-hybridized carbons (Fsp3) is 0.263. The molecule has 0 saturated carbocycles. The maximum atomic E-state index is 13.6. The number of nitrogens with one attached hydrogen (secondary N) is 1. The van der Waals surface area contributed by atoms with E-state index in [2.05, 4.69) is 18.5 Å². The molecule has 148 valence electrons. The molecule has 1 N–H and O–H groups in total. The van der Waals surface area contributed by atoms with Crippen LogP contribution in [0.3, 0.4) is 0 Å². The van der Waals surface area contributed by atoms with E-state index in [-0.39, 0.29) is 19.6 Å². The average molecular weight is 388 g/mol. The van der Waals surface area contributed by atoms with E-state index in [0.717, 1.165) is 9.13 Å². The minimum Gasteiger partial charge on any atom is -0.350 e. The molecule has 1 amide bonds. The summed E-state index contributed by atoms with van der Waals surface area (Å²) in [4.78, 5) is 49.4. The number of benzene rings is 1. The van der Waals surface area contributed by atoms with Gasteiger partial charge in [-0.3, -0.25) is 4.79 Å². The van der Waals surface area contributed by atoms with Crippen molar-refractivity contribution >= 4 is 5.91 Å². The predicted molar refractivity (Wildman–Crippen MR) is 103 cm³/mol. The van der Waals surface area contributed by atoms with Crippen molar-refractivity contribution in [3.8, 4) is 0 Å². The van der Waals surface area contributed by atoms with Crippen LogP contribution in [0.2, 0.25) is 0 Å². The first-order chi connectivity index (χ1) is 13.3. The van der Waals surface area contributed by atoms with E-state index in [1.54, 1.807) is 19.1 Å². The van der Waals surface area contributed by atoms with E-state index in [9.17, 15) is 23.6 Å². The van der Waals surface area contributed by atoms with Crippen LogP contribution in [-0.2, 0) is 31.0 Å². The van der Waals surface area contributed by atoms with Crippen molar-refractivity contribution in [3.05, 3.63) is 91.9 Å². The second kappa shape index (κ2) is 8.94. The van der Waals surface area contributed by atoms with Crippen LogP contribution in [0.15, 0.2) is 57.9 Å². The number of rotatable bonds is 8. The van der Waals surface area contributed by atoms with E-state index < -0.39 is 35.3 Å². The first kappa shape index (κ1) is 20.8. The van der Waals surface area contributed by atoms with Gasteiger partial charge in [0.05, 0.1) is 13.1 Å². The third-order valence-electron chi connectivity index (χ3n) is 4.04. The monoisotopic (exact) mass is 388 g/mol. The van der Waals surface area contributed by atoms with Gasteiger partial charge < -0.3 is 5.32 Å². The smallest absolute Gasteiger partial charge is 0.337 e. The van der Waals surface area contributed by atoms with Crippen molar-refractivity contribution < 1.29 is 9.18 Å². The normalized spacial score (nSPS) is 10.5. The Morgan fingerprint density at radius 3 is 2.07 bits per heavy atom. The van der Waals surface area contributed by atoms with Gasteiger partial charge in [-0.05, 0) is 24.1 Å². The van der Waals surface area contributed by atoms with Crippen molar-refractivity contribution in [1.82, 2.24) is 19.0 Å². The lowest BCUT2D eigenvalue weighted by Crippen LogP contribution is -2.55. The number of hydrogen-bond donors (Lipinski definition) is 1. The third kappa shape index (κ3) is 4.43. The van der Waals surface area contributed by atoms with Gasteiger partial charge in [0.25, 0.3) is 0 Å². The zero-order valence-electron chi connectivity index (χ0n) is 15.5. The SMILES string of the molecule is C=CCn1c(=O)n(CC=C)c(=O)n(CC(=O)NCc2ccc(C)c(F)c2)c1=O. The maximum absolute atomic E-state index is 13.6. The van der Waals surface area contributed by atoms with Crippen LogP contribution in [0.4, 0.5) is 4.39 Å². The van der Waals surface area contributed by atoms with E-state index >= 15 is 0 Å². The summed E-state index contributed by atoms with van der Waals surface area (Å²) in [6, 6.07) is 4.54. The van der Waals surface area contributed by atoms with Crippen LogP contribution in [-0.4, -0.2) is 19.6 Å². The van der Waals surface area contributed by atoms with Crippen LogP contribution in [0, 0.1) is 12.7 Å². The second-order valence-corrected chi connectivity index (χ2v) is 6.09. The van der Waals surface area contributed by atoms with E-state index in [1.165, 1.54) is 18.2 Å². The molecule has 2 rings (SSSR count). The van der Waals surface area contributed by atoms with Gasteiger partial charge in [-0.15, -0.1) is 13.2 Å². The van der Waals surface area contributed by atoms with E-state index in [0.29, 0.717) is 15.7 Å². The summed E-state index contributed by atoms with van der Waals surface area (Å²) < 4.78 is 15.9. The molecule has 0 aliphatic heterocycles. The molecular weight excluding hydrogens is 367 g/mol. The van der Waals surface area contributed by atoms with Crippen LogP contribution in [0.25, 0.3) is 0 Å². The lowest BCUT2D eigenvalue weighted by molar-refractivity contribution is -0.122. The number of carbonyl (C=O) groups excluding carboxylic acids is 1. The fourth-order valence-corrected chi connectivity index (χ4v) is 2.53. The molecule has 28 heavy (non-hydrogen) atoms. The molecule has 0 saturated heterocycles. The molecule has 2 aromatic rings. The Hall–Kier alpha value is -3.49. The Bertz CT molecular complexity index is 1050. The van der Waals surface area contributed by atoms with E-state index in [4.69, 9.17) is 0 Å². The highest BCUT2D eigenvalue weighted by molar-refractivity contribution is 5.75. The zero-order chi connectivity index (χ0) is 20.8. The molecule has 0 atom stereocenters. The Labute approximate surface area is 159 Å². The van der Waals surface area contributed by atoms with Gasteiger partial charge in [0.15, 0.2) is 0 Å². The Kier molecular flexibility index (Phi) is 6.64.